The van der Waals surface area contributed by atoms with E-state index >= 15 is 0 Å². The van der Waals surface area contributed by atoms with Crippen molar-refractivity contribution in [2.45, 2.75) is 20.3 Å². The molecule has 1 heterocycles. The number of pyridine rings is 1. The number of aromatic nitrogens is 1. The number of aryl methyl sites for hydroxylation is 1. The standard InChI is InChI=1S/C15H18N2O/c1-3-11(9-16)15(18)13-6-7-14-12(8-13)5-4-10(2)17-14/h4-8,11H,3,9,16H2,1-2H3. The van der Waals surface area contributed by atoms with Crippen molar-refractivity contribution in [3.63, 3.8) is 0 Å². The molecule has 1 atom stereocenters. The number of Topliss-reactive ketones (excluding diaryl/α,β-unsaturated/α-hetero) is 1. The number of hydrogen-bond acceptors (Lipinski definition) is 3. The van der Waals surface area contributed by atoms with Crippen molar-refractivity contribution in [2.75, 3.05) is 6.54 Å². The van der Waals surface area contributed by atoms with Crippen LogP contribution in [-0.4, -0.2) is 17.3 Å². The van der Waals surface area contributed by atoms with Gasteiger partial charge in [-0.25, -0.2) is 0 Å². The van der Waals surface area contributed by atoms with Gasteiger partial charge in [0.05, 0.1) is 5.52 Å². The molecular weight excluding hydrogens is 224 g/mol. The van der Waals surface area contributed by atoms with Crippen LogP contribution in [0.15, 0.2) is 30.3 Å². The molecule has 0 aliphatic rings. The topological polar surface area (TPSA) is 56.0 Å². The summed E-state index contributed by atoms with van der Waals surface area (Å²) in [6.45, 7) is 4.35. The second-order valence-corrected chi connectivity index (χ2v) is 4.57. The van der Waals surface area contributed by atoms with Gasteiger partial charge in [0, 0.05) is 29.1 Å². The zero-order valence-corrected chi connectivity index (χ0v) is 10.8. The number of hydrogen-bond donors (Lipinski definition) is 1. The van der Waals surface area contributed by atoms with Gasteiger partial charge in [0.2, 0.25) is 0 Å². The average molecular weight is 242 g/mol. The quantitative estimate of drug-likeness (QED) is 0.839. The highest BCUT2D eigenvalue weighted by Crippen LogP contribution is 2.18. The van der Waals surface area contributed by atoms with Crippen LogP contribution in [0.4, 0.5) is 0 Å². The van der Waals surface area contributed by atoms with Gasteiger partial charge in [-0.15, -0.1) is 0 Å². The second kappa shape index (κ2) is 5.27. The molecule has 0 amide bonds. The van der Waals surface area contributed by atoms with Gasteiger partial charge in [0.15, 0.2) is 5.78 Å². The summed E-state index contributed by atoms with van der Waals surface area (Å²) in [6.07, 6.45) is 0.777. The SMILES string of the molecule is CCC(CN)C(=O)c1ccc2nc(C)ccc2c1. The van der Waals surface area contributed by atoms with Gasteiger partial charge in [0.25, 0.3) is 0 Å². The average Bonchev–Trinajstić information content (AvgIpc) is 2.39. The molecule has 18 heavy (non-hydrogen) atoms. The Hall–Kier alpha value is -1.74. The largest absolute Gasteiger partial charge is 0.330 e. The lowest BCUT2D eigenvalue weighted by molar-refractivity contribution is 0.0921. The summed E-state index contributed by atoms with van der Waals surface area (Å²) in [5, 5.41) is 0.998. The third-order valence-corrected chi connectivity index (χ3v) is 3.26. The molecule has 1 aromatic heterocycles. The van der Waals surface area contributed by atoms with Crippen molar-refractivity contribution in [3.05, 3.63) is 41.6 Å². The first-order valence-corrected chi connectivity index (χ1v) is 6.27. The number of nitrogens with two attached hydrogens (primary N) is 1. The Morgan fingerprint density at radius 2 is 2.11 bits per heavy atom. The first kappa shape index (κ1) is 12.7. The first-order valence-electron chi connectivity index (χ1n) is 6.27. The zero-order valence-electron chi connectivity index (χ0n) is 10.8. The molecule has 3 nitrogen and oxygen atoms in total. The summed E-state index contributed by atoms with van der Waals surface area (Å²) < 4.78 is 0. The molecule has 0 saturated heterocycles. The highest BCUT2D eigenvalue weighted by molar-refractivity contribution is 6.00. The molecule has 2 aromatic rings. The van der Waals surface area contributed by atoms with E-state index in [9.17, 15) is 4.79 Å². The van der Waals surface area contributed by atoms with Crippen molar-refractivity contribution < 1.29 is 4.79 Å². The van der Waals surface area contributed by atoms with E-state index in [4.69, 9.17) is 5.73 Å². The molecule has 0 aliphatic carbocycles. The Morgan fingerprint density at radius 1 is 1.33 bits per heavy atom. The van der Waals surface area contributed by atoms with Crippen molar-refractivity contribution >= 4 is 16.7 Å². The fourth-order valence-corrected chi connectivity index (χ4v) is 2.08. The lowest BCUT2D eigenvalue weighted by Gasteiger charge is -2.11. The fourth-order valence-electron chi connectivity index (χ4n) is 2.08. The summed E-state index contributed by atoms with van der Waals surface area (Å²) >= 11 is 0. The highest BCUT2D eigenvalue weighted by Gasteiger charge is 2.16. The second-order valence-electron chi connectivity index (χ2n) is 4.57. The molecule has 3 heteroatoms. The zero-order chi connectivity index (χ0) is 13.1. The number of rotatable bonds is 4. The summed E-state index contributed by atoms with van der Waals surface area (Å²) in [7, 11) is 0. The van der Waals surface area contributed by atoms with E-state index in [1.54, 1.807) is 0 Å². The van der Waals surface area contributed by atoms with Crippen molar-refractivity contribution in [2.24, 2.45) is 11.7 Å². The van der Waals surface area contributed by atoms with Gasteiger partial charge in [-0.1, -0.05) is 13.0 Å². The molecule has 0 spiro atoms. The lowest BCUT2D eigenvalue weighted by atomic mass is 9.94. The van der Waals surface area contributed by atoms with Crippen LogP contribution in [0.2, 0.25) is 0 Å². The van der Waals surface area contributed by atoms with Crippen LogP contribution in [0.3, 0.4) is 0 Å². The minimum absolute atomic E-state index is 0.0825. The molecular formula is C15H18N2O. The summed E-state index contributed by atoms with van der Waals surface area (Å²) in [5.41, 5.74) is 8.25. The Morgan fingerprint density at radius 3 is 2.78 bits per heavy atom. The molecule has 2 rings (SSSR count). The number of carbonyl (C=O) groups is 1. The minimum Gasteiger partial charge on any atom is -0.330 e. The van der Waals surface area contributed by atoms with Crippen molar-refractivity contribution in [1.29, 1.82) is 0 Å². The molecule has 94 valence electrons. The predicted molar refractivity (Wildman–Crippen MR) is 73.6 cm³/mol. The lowest BCUT2D eigenvalue weighted by Crippen LogP contribution is -2.23. The maximum atomic E-state index is 12.2. The molecule has 0 saturated carbocycles. The number of nitrogens with zero attached hydrogens (tertiary/aromatic N) is 1. The Kier molecular flexibility index (Phi) is 3.72. The molecule has 0 bridgehead atoms. The number of fused-ring (bicyclic) bond motifs is 1. The fraction of sp³-hybridized carbons (Fsp3) is 0.333. The van der Waals surface area contributed by atoms with Crippen molar-refractivity contribution in [3.8, 4) is 0 Å². The molecule has 1 aromatic carbocycles. The first-order chi connectivity index (χ1) is 8.65. The minimum atomic E-state index is -0.0825. The molecule has 2 N–H and O–H groups in total. The van der Waals surface area contributed by atoms with Crippen LogP contribution in [0.1, 0.15) is 29.4 Å². The van der Waals surface area contributed by atoms with Gasteiger partial charge in [-0.3, -0.25) is 9.78 Å². The summed E-state index contributed by atoms with van der Waals surface area (Å²) in [4.78, 5) is 16.6. The highest BCUT2D eigenvalue weighted by atomic mass is 16.1. The van der Waals surface area contributed by atoms with E-state index in [1.807, 2.05) is 44.2 Å². The Balaban J connectivity index is 2.41. The molecule has 0 aliphatic heterocycles. The van der Waals surface area contributed by atoms with Crippen LogP contribution in [0.5, 0.6) is 0 Å². The molecule has 1 unspecified atom stereocenters. The van der Waals surface area contributed by atoms with E-state index in [1.165, 1.54) is 0 Å². The van der Waals surface area contributed by atoms with Crippen LogP contribution < -0.4 is 5.73 Å². The Labute approximate surface area is 107 Å². The van der Waals surface area contributed by atoms with Gasteiger partial charge in [0.1, 0.15) is 0 Å². The van der Waals surface area contributed by atoms with Gasteiger partial charge >= 0.3 is 0 Å². The predicted octanol–water partition coefficient (Wildman–Crippen LogP) is 2.71. The van der Waals surface area contributed by atoms with E-state index in [0.717, 1.165) is 28.6 Å². The van der Waals surface area contributed by atoms with Crippen LogP contribution >= 0.6 is 0 Å². The van der Waals surface area contributed by atoms with E-state index < -0.39 is 0 Å². The maximum absolute atomic E-state index is 12.2. The normalized spacial score (nSPS) is 12.6. The van der Waals surface area contributed by atoms with Gasteiger partial charge in [-0.05, 0) is 37.6 Å². The van der Waals surface area contributed by atoms with E-state index in [0.29, 0.717) is 6.54 Å². The van der Waals surface area contributed by atoms with Crippen LogP contribution in [0, 0.1) is 12.8 Å². The third kappa shape index (κ3) is 2.41. The summed E-state index contributed by atoms with van der Waals surface area (Å²) in [5.74, 6) is 0.0448. The maximum Gasteiger partial charge on any atom is 0.167 e. The van der Waals surface area contributed by atoms with Gasteiger partial charge in [-0.2, -0.15) is 0 Å². The summed E-state index contributed by atoms with van der Waals surface area (Å²) in [6, 6.07) is 9.60. The van der Waals surface area contributed by atoms with Gasteiger partial charge < -0.3 is 5.73 Å². The van der Waals surface area contributed by atoms with Crippen LogP contribution in [-0.2, 0) is 0 Å². The van der Waals surface area contributed by atoms with Crippen LogP contribution in [0.25, 0.3) is 10.9 Å². The molecule has 0 fully saturated rings. The van der Waals surface area contributed by atoms with Crippen molar-refractivity contribution in [1.82, 2.24) is 4.98 Å². The number of ketones is 1. The van der Waals surface area contributed by atoms with E-state index in [2.05, 4.69) is 4.98 Å². The number of carbonyl (C=O) groups excluding carboxylic acids is 1. The van der Waals surface area contributed by atoms with E-state index in [-0.39, 0.29) is 11.7 Å². The molecule has 0 radical (unpaired) electrons. The Bertz CT molecular complexity index is 574. The third-order valence-electron chi connectivity index (χ3n) is 3.26. The monoisotopic (exact) mass is 242 g/mol. The smallest absolute Gasteiger partial charge is 0.167 e. The number of benzene rings is 1.